The third-order valence-corrected chi connectivity index (χ3v) is 2.84. The van der Waals surface area contributed by atoms with Crippen molar-refractivity contribution < 1.29 is 14.7 Å². The van der Waals surface area contributed by atoms with Crippen LogP contribution in [0.25, 0.3) is 0 Å². The summed E-state index contributed by atoms with van der Waals surface area (Å²) >= 11 is 0. The summed E-state index contributed by atoms with van der Waals surface area (Å²) in [6.07, 6.45) is 3.20. The Hall–Kier alpha value is -2.17. The molecule has 0 aliphatic heterocycles. The number of Topliss-reactive ketones (excluding diaryl/α,β-unsaturated/α-hetero) is 1. The van der Waals surface area contributed by atoms with Gasteiger partial charge in [0.2, 0.25) is 0 Å². The molecular formula is C13H14N2O3. The van der Waals surface area contributed by atoms with Crippen molar-refractivity contribution in [2.24, 2.45) is 5.10 Å². The zero-order chi connectivity index (χ0) is 13.0. The lowest BCUT2D eigenvalue weighted by Crippen LogP contribution is -2.19. The average Bonchev–Trinajstić information content (AvgIpc) is 2.38. The lowest BCUT2D eigenvalue weighted by molar-refractivity contribution is -0.113. The number of ketones is 1. The maximum atomic E-state index is 11.5. The van der Waals surface area contributed by atoms with E-state index >= 15 is 0 Å². The first-order valence-electron chi connectivity index (χ1n) is 5.86. The van der Waals surface area contributed by atoms with Gasteiger partial charge in [0, 0.05) is 6.42 Å². The first-order valence-corrected chi connectivity index (χ1v) is 5.86. The maximum Gasteiger partial charge on any atom is 0.335 e. The molecule has 1 aliphatic rings. The molecule has 2 rings (SSSR count). The van der Waals surface area contributed by atoms with E-state index in [9.17, 15) is 9.59 Å². The highest BCUT2D eigenvalue weighted by Gasteiger charge is 2.16. The van der Waals surface area contributed by atoms with Gasteiger partial charge in [-0.25, -0.2) is 4.79 Å². The van der Waals surface area contributed by atoms with E-state index in [1.807, 2.05) is 0 Å². The normalized spacial score (nSPS) is 17.8. The van der Waals surface area contributed by atoms with Gasteiger partial charge in [0.05, 0.1) is 11.3 Å². The van der Waals surface area contributed by atoms with Crippen LogP contribution in [0.2, 0.25) is 0 Å². The van der Waals surface area contributed by atoms with E-state index in [0.29, 0.717) is 24.2 Å². The minimum absolute atomic E-state index is 0.0934. The van der Waals surface area contributed by atoms with Crippen molar-refractivity contribution in [2.45, 2.75) is 25.7 Å². The topological polar surface area (TPSA) is 78.8 Å². The standard InChI is InChI=1S/C13H14N2O3/c16-12-4-2-1-3-11(12)15-14-10-7-5-9(6-8-10)13(17)18/h5-8,14H,1-4H2,(H,17,18)/b15-11-. The Balaban J connectivity index is 2.03. The Kier molecular flexibility index (Phi) is 3.72. The van der Waals surface area contributed by atoms with Crippen LogP contribution < -0.4 is 5.43 Å². The van der Waals surface area contributed by atoms with E-state index in [-0.39, 0.29) is 11.3 Å². The third kappa shape index (κ3) is 2.94. The molecule has 18 heavy (non-hydrogen) atoms. The summed E-state index contributed by atoms with van der Waals surface area (Å²) in [4.78, 5) is 22.2. The van der Waals surface area contributed by atoms with E-state index in [2.05, 4.69) is 10.5 Å². The number of carboxylic acid groups (broad SMARTS) is 1. The highest BCUT2D eigenvalue weighted by atomic mass is 16.4. The molecule has 0 spiro atoms. The second-order valence-corrected chi connectivity index (χ2v) is 4.18. The van der Waals surface area contributed by atoms with Gasteiger partial charge in [-0.3, -0.25) is 10.2 Å². The van der Waals surface area contributed by atoms with Gasteiger partial charge in [-0.05, 0) is 43.5 Å². The fourth-order valence-corrected chi connectivity index (χ4v) is 1.80. The number of aromatic carboxylic acids is 1. The predicted molar refractivity (Wildman–Crippen MR) is 67.9 cm³/mol. The largest absolute Gasteiger partial charge is 0.478 e. The molecule has 1 fully saturated rings. The number of benzene rings is 1. The Morgan fingerprint density at radius 2 is 1.83 bits per heavy atom. The molecule has 2 N–H and O–H groups in total. The van der Waals surface area contributed by atoms with Crippen LogP contribution in [-0.2, 0) is 4.79 Å². The molecule has 94 valence electrons. The molecule has 1 aromatic carbocycles. The molecule has 0 atom stereocenters. The molecule has 1 aromatic rings. The van der Waals surface area contributed by atoms with Gasteiger partial charge in [-0.1, -0.05) is 0 Å². The molecule has 1 saturated carbocycles. The van der Waals surface area contributed by atoms with Gasteiger partial charge in [0.25, 0.3) is 0 Å². The number of carbonyl (C=O) groups is 2. The Morgan fingerprint density at radius 3 is 2.44 bits per heavy atom. The van der Waals surface area contributed by atoms with E-state index in [0.717, 1.165) is 12.8 Å². The van der Waals surface area contributed by atoms with Crippen LogP contribution >= 0.6 is 0 Å². The number of hydrogen-bond acceptors (Lipinski definition) is 4. The first kappa shape index (κ1) is 12.3. The van der Waals surface area contributed by atoms with E-state index in [1.54, 1.807) is 12.1 Å². The molecule has 1 aliphatic carbocycles. The fourth-order valence-electron chi connectivity index (χ4n) is 1.80. The van der Waals surface area contributed by atoms with E-state index in [4.69, 9.17) is 5.11 Å². The highest BCUT2D eigenvalue weighted by Crippen LogP contribution is 2.14. The van der Waals surface area contributed by atoms with Crippen molar-refractivity contribution in [2.75, 3.05) is 5.43 Å². The minimum atomic E-state index is -0.963. The van der Waals surface area contributed by atoms with Crippen molar-refractivity contribution >= 4 is 23.2 Å². The van der Waals surface area contributed by atoms with E-state index in [1.165, 1.54) is 12.1 Å². The van der Waals surface area contributed by atoms with Crippen LogP contribution in [0.5, 0.6) is 0 Å². The smallest absolute Gasteiger partial charge is 0.335 e. The second kappa shape index (κ2) is 5.44. The minimum Gasteiger partial charge on any atom is -0.478 e. The Bertz CT molecular complexity index is 491. The van der Waals surface area contributed by atoms with Gasteiger partial charge in [0.15, 0.2) is 5.78 Å². The number of hydrazone groups is 1. The van der Waals surface area contributed by atoms with Crippen LogP contribution in [0.3, 0.4) is 0 Å². The Labute approximate surface area is 105 Å². The van der Waals surface area contributed by atoms with Gasteiger partial charge in [-0.2, -0.15) is 5.10 Å². The molecule has 0 aromatic heterocycles. The van der Waals surface area contributed by atoms with Crippen LogP contribution in [0, 0.1) is 0 Å². The summed E-state index contributed by atoms with van der Waals surface area (Å²) in [5.74, 6) is -0.869. The molecule has 0 unspecified atom stereocenters. The summed E-state index contributed by atoms with van der Waals surface area (Å²) in [5, 5.41) is 12.8. The Morgan fingerprint density at radius 1 is 1.17 bits per heavy atom. The van der Waals surface area contributed by atoms with Crippen molar-refractivity contribution in [1.29, 1.82) is 0 Å². The van der Waals surface area contributed by atoms with Crippen molar-refractivity contribution in [3.63, 3.8) is 0 Å². The second-order valence-electron chi connectivity index (χ2n) is 4.18. The molecule has 5 heteroatoms. The van der Waals surface area contributed by atoms with Gasteiger partial charge in [0.1, 0.15) is 5.71 Å². The highest BCUT2D eigenvalue weighted by molar-refractivity contribution is 6.40. The molecule has 0 bridgehead atoms. The van der Waals surface area contributed by atoms with Crippen molar-refractivity contribution in [1.82, 2.24) is 0 Å². The predicted octanol–water partition coefficient (Wildman–Crippen LogP) is 2.30. The van der Waals surface area contributed by atoms with Crippen molar-refractivity contribution in [3.8, 4) is 0 Å². The number of nitrogens with one attached hydrogen (secondary N) is 1. The molecule has 5 nitrogen and oxygen atoms in total. The SMILES string of the molecule is O=C1CCCC/C1=N/Nc1ccc(C(=O)O)cc1. The molecule has 0 amide bonds. The summed E-state index contributed by atoms with van der Waals surface area (Å²) in [6.45, 7) is 0. The molecular weight excluding hydrogens is 232 g/mol. The summed E-state index contributed by atoms with van der Waals surface area (Å²) in [6, 6.07) is 6.24. The zero-order valence-corrected chi connectivity index (χ0v) is 9.85. The maximum absolute atomic E-state index is 11.5. The van der Waals surface area contributed by atoms with Crippen LogP contribution in [-0.4, -0.2) is 22.6 Å². The monoisotopic (exact) mass is 246 g/mol. The lowest BCUT2D eigenvalue weighted by atomic mass is 9.97. The zero-order valence-electron chi connectivity index (χ0n) is 9.85. The number of carboxylic acids is 1. The lowest BCUT2D eigenvalue weighted by Gasteiger charge is -2.11. The van der Waals surface area contributed by atoms with Gasteiger partial charge in [-0.15, -0.1) is 0 Å². The number of nitrogens with zero attached hydrogens (tertiary/aromatic N) is 1. The van der Waals surface area contributed by atoms with Crippen LogP contribution in [0.4, 0.5) is 5.69 Å². The molecule has 0 radical (unpaired) electrons. The van der Waals surface area contributed by atoms with Gasteiger partial charge >= 0.3 is 5.97 Å². The van der Waals surface area contributed by atoms with E-state index < -0.39 is 5.97 Å². The summed E-state index contributed by atoms with van der Waals surface area (Å²) < 4.78 is 0. The molecule has 0 heterocycles. The fraction of sp³-hybridized carbons (Fsp3) is 0.308. The van der Waals surface area contributed by atoms with Crippen LogP contribution in [0.15, 0.2) is 29.4 Å². The number of anilines is 1. The molecule has 0 saturated heterocycles. The summed E-state index contributed by atoms with van der Waals surface area (Å²) in [7, 11) is 0. The number of hydrogen-bond donors (Lipinski definition) is 2. The number of rotatable bonds is 3. The van der Waals surface area contributed by atoms with Crippen molar-refractivity contribution in [3.05, 3.63) is 29.8 Å². The van der Waals surface area contributed by atoms with Gasteiger partial charge < -0.3 is 5.11 Å². The third-order valence-electron chi connectivity index (χ3n) is 2.84. The van der Waals surface area contributed by atoms with Crippen LogP contribution in [0.1, 0.15) is 36.0 Å². The first-order chi connectivity index (χ1) is 8.66. The summed E-state index contributed by atoms with van der Waals surface area (Å²) in [5.41, 5.74) is 4.25. The quantitative estimate of drug-likeness (QED) is 0.802. The number of carbonyl (C=O) groups excluding carboxylic acids is 1. The average molecular weight is 246 g/mol.